The maximum Gasteiger partial charge on any atom is 0.279 e. The van der Waals surface area contributed by atoms with E-state index in [2.05, 4.69) is 4.72 Å². The molecule has 6 heteroatoms. The highest BCUT2D eigenvalue weighted by molar-refractivity contribution is 7.87. The highest BCUT2D eigenvalue weighted by Gasteiger charge is 2.11. The maximum absolute atomic E-state index is 11.2. The molecule has 0 saturated carbocycles. The fourth-order valence-corrected chi connectivity index (χ4v) is 1.29. The van der Waals surface area contributed by atoms with E-state index in [0.29, 0.717) is 25.7 Å². The van der Waals surface area contributed by atoms with Crippen molar-refractivity contribution in [1.29, 1.82) is 0 Å². The lowest BCUT2D eigenvalue weighted by Crippen LogP contribution is -2.37. The van der Waals surface area contributed by atoms with Gasteiger partial charge in [0, 0.05) is 27.2 Å². The normalized spacial score (nSPS) is 12.7. The van der Waals surface area contributed by atoms with E-state index in [-0.39, 0.29) is 0 Å². The Morgan fingerprint density at radius 1 is 1.36 bits per heavy atom. The number of nitrogens with one attached hydrogen (secondary N) is 1. The zero-order valence-corrected chi connectivity index (χ0v) is 10.1. The van der Waals surface area contributed by atoms with Gasteiger partial charge in [-0.3, -0.25) is 0 Å². The second-order valence-corrected chi connectivity index (χ2v) is 5.62. The Morgan fingerprint density at radius 2 is 1.93 bits per heavy atom. The monoisotopic (exact) mass is 224 g/mol. The highest BCUT2D eigenvalue weighted by atomic mass is 32.2. The molecular weight excluding hydrogens is 204 g/mol. The summed E-state index contributed by atoms with van der Waals surface area (Å²) in [7, 11) is -0.329. The van der Waals surface area contributed by atoms with Gasteiger partial charge in [-0.25, -0.2) is 0 Å². The molecule has 0 rings (SSSR count). The summed E-state index contributed by atoms with van der Waals surface area (Å²) in [6.45, 7) is 5.47. The van der Waals surface area contributed by atoms with E-state index in [1.165, 1.54) is 14.1 Å². The zero-order valence-electron chi connectivity index (χ0n) is 9.28. The van der Waals surface area contributed by atoms with Gasteiger partial charge in [-0.05, 0) is 5.92 Å². The molecule has 0 unspecified atom stereocenters. The summed E-state index contributed by atoms with van der Waals surface area (Å²) in [5.74, 6) is 0.473. The van der Waals surface area contributed by atoms with E-state index in [1.54, 1.807) is 0 Å². The SMILES string of the molecule is CC(C)COCCNS(=O)(=O)N(C)C. The van der Waals surface area contributed by atoms with Crippen LogP contribution >= 0.6 is 0 Å². The first-order valence-corrected chi connectivity index (χ1v) is 6.05. The fraction of sp³-hybridized carbons (Fsp3) is 1.00. The first kappa shape index (κ1) is 13.8. The average molecular weight is 224 g/mol. The first-order chi connectivity index (χ1) is 6.36. The molecule has 0 aliphatic rings. The fourth-order valence-electron chi connectivity index (χ4n) is 0.691. The summed E-state index contributed by atoms with van der Waals surface area (Å²) in [5.41, 5.74) is 0. The smallest absolute Gasteiger partial charge is 0.279 e. The van der Waals surface area contributed by atoms with E-state index >= 15 is 0 Å². The molecule has 0 atom stereocenters. The molecule has 0 fully saturated rings. The van der Waals surface area contributed by atoms with Crippen LogP contribution in [0.25, 0.3) is 0 Å². The van der Waals surface area contributed by atoms with Crippen LogP contribution in [0, 0.1) is 5.92 Å². The van der Waals surface area contributed by atoms with Crippen molar-refractivity contribution in [1.82, 2.24) is 9.03 Å². The van der Waals surface area contributed by atoms with E-state index < -0.39 is 10.2 Å². The number of rotatable bonds is 7. The molecule has 0 radical (unpaired) electrons. The van der Waals surface area contributed by atoms with Gasteiger partial charge in [0.15, 0.2) is 0 Å². The predicted octanol–water partition coefficient (Wildman–Crippen LogP) is 0.0550. The molecule has 0 aromatic carbocycles. The van der Waals surface area contributed by atoms with E-state index in [0.717, 1.165) is 4.31 Å². The summed E-state index contributed by atoms with van der Waals surface area (Å²) in [6.07, 6.45) is 0. The molecule has 14 heavy (non-hydrogen) atoms. The molecule has 5 nitrogen and oxygen atoms in total. The van der Waals surface area contributed by atoms with Gasteiger partial charge >= 0.3 is 0 Å². The van der Waals surface area contributed by atoms with Gasteiger partial charge in [0.2, 0.25) is 0 Å². The molecule has 0 spiro atoms. The first-order valence-electron chi connectivity index (χ1n) is 4.61. The molecule has 1 N–H and O–H groups in total. The van der Waals surface area contributed by atoms with Crippen molar-refractivity contribution in [3.63, 3.8) is 0 Å². The lowest BCUT2D eigenvalue weighted by molar-refractivity contribution is 0.114. The molecule has 86 valence electrons. The zero-order chi connectivity index (χ0) is 11.2. The molecule has 0 amide bonds. The van der Waals surface area contributed by atoms with Gasteiger partial charge in [-0.1, -0.05) is 13.8 Å². The topological polar surface area (TPSA) is 58.6 Å². The number of nitrogens with zero attached hydrogens (tertiary/aromatic N) is 1. The Labute approximate surface area is 86.6 Å². The van der Waals surface area contributed by atoms with Crippen LogP contribution < -0.4 is 4.72 Å². The van der Waals surface area contributed by atoms with Crippen molar-refractivity contribution in [3.8, 4) is 0 Å². The summed E-state index contributed by atoms with van der Waals surface area (Å²) in [5, 5.41) is 0. The van der Waals surface area contributed by atoms with Crippen LogP contribution in [0.2, 0.25) is 0 Å². The Hall–Kier alpha value is -0.170. The summed E-state index contributed by atoms with van der Waals surface area (Å²) >= 11 is 0. The Bertz CT molecular complexity index is 237. The lowest BCUT2D eigenvalue weighted by atomic mass is 10.2. The summed E-state index contributed by atoms with van der Waals surface area (Å²) in [6, 6.07) is 0. The van der Waals surface area contributed by atoms with Crippen LogP contribution in [-0.2, 0) is 14.9 Å². The molecule has 0 aromatic heterocycles. The van der Waals surface area contributed by atoms with Gasteiger partial charge in [0.05, 0.1) is 6.61 Å². The van der Waals surface area contributed by atoms with E-state index in [4.69, 9.17) is 4.74 Å². The number of hydrogen-bond acceptors (Lipinski definition) is 3. The van der Waals surface area contributed by atoms with Crippen molar-refractivity contribution in [2.75, 3.05) is 33.9 Å². The van der Waals surface area contributed by atoms with Crippen molar-refractivity contribution in [2.24, 2.45) is 5.92 Å². The maximum atomic E-state index is 11.2. The average Bonchev–Trinajstić information content (AvgIpc) is 2.02. The minimum absolute atomic E-state index is 0.313. The Morgan fingerprint density at radius 3 is 2.36 bits per heavy atom. The molecular formula is C8H20N2O3S. The Balaban J connectivity index is 3.55. The lowest BCUT2D eigenvalue weighted by Gasteiger charge is -2.12. The van der Waals surface area contributed by atoms with Crippen LogP contribution in [0.3, 0.4) is 0 Å². The third-order valence-corrected chi connectivity index (χ3v) is 2.99. The van der Waals surface area contributed by atoms with E-state index in [1.807, 2.05) is 13.8 Å². The van der Waals surface area contributed by atoms with Gasteiger partial charge in [-0.15, -0.1) is 0 Å². The van der Waals surface area contributed by atoms with Gasteiger partial charge < -0.3 is 4.74 Å². The molecule has 0 heterocycles. The van der Waals surface area contributed by atoms with Crippen molar-refractivity contribution in [2.45, 2.75) is 13.8 Å². The van der Waals surface area contributed by atoms with Crippen molar-refractivity contribution < 1.29 is 13.2 Å². The minimum atomic E-state index is -3.30. The molecule has 0 saturated heterocycles. The third-order valence-electron chi connectivity index (χ3n) is 1.46. The van der Waals surface area contributed by atoms with Crippen LogP contribution in [-0.4, -0.2) is 46.6 Å². The van der Waals surface area contributed by atoms with Crippen molar-refractivity contribution in [3.05, 3.63) is 0 Å². The standard InChI is InChI=1S/C8H20N2O3S/c1-8(2)7-13-6-5-9-14(11,12)10(3)4/h8-9H,5-7H2,1-4H3. The van der Waals surface area contributed by atoms with Crippen molar-refractivity contribution >= 4 is 10.2 Å². The molecule has 0 aliphatic carbocycles. The van der Waals surface area contributed by atoms with Gasteiger partial charge in [-0.2, -0.15) is 17.4 Å². The second kappa shape index (κ2) is 6.34. The van der Waals surface area contributed by atoms with Crippen LogP contribution in [0.1, 0.15) is 13.8 Å². The summed E-state index contributed by atoms with van der Waals surface area (Å²) in [4.78, 5) is 0. The second-order valence-electron chi connectivity index (χ2n) is 3.65. The largest absolute Gasteiger partial charge is 0.380 e. The molecule has 0 aliphatic heterocycles. The van der Waals surface area contributed by atoms with Gasteiger partial charge in [0.25, 0.3) is 10.2 Å². The Kier molecular flexibility index (Phi) is 6.26. The minimum Gasteiger partial charge on any atom is -0.380 e. The number of ether oxygens (including phenoxy) is 1. The number of hydrogen-bond donors (Lipinski definition) is 1. The third kappa shape index (κ3) is 6.31. The van der Waals surface area contributed by atoms with Crippen LogP contribution in [0.15, 0.2) is 0 Å². The molecule has 0 bridgehead atoms. The quantitative estimate of drug-likeness (QED) is 0.622. The predicted molar refractivity (Wildman–Crippen MR) is 56.3 cm³/mol. The van der Waals surface area contributed by atoms with Crippen LogP contribution in [0.4, 0.5) is 0 Å². The highest BCUT2D eigenvalue weighted by Crippen LogP contribution is 1.92. The summed E-state index contributed by atoms with van der Waals surface area (Å²) < 4.78 is 31.1. The van der Waals surface area contributed by atoms with E-state index in [9.17, 15) is 8.42 Å². The van der Waals surface area contributed by atoms with Crippen LogP contribution in [0.5, 0.6) is 0 Å². The molecule has 0 aromatic rings. The van der Waals surface area contributed by atoms with Gasteiger partial charge in [0.1, 0.15) is 0 Å².